The van der Waals surface area contributed by atoms with Crippen LogP contribution in [0.4, 0.5) is 10.1 Å². The van der Waals surface area contributed by atoms with Crippen molar-refractivity contribution in [1.82, 2.24) is 0 Å². The number of nitrogens with two attached hydrogens (primary N) is 1. The summed E-state index contributed by atoms with van der Waals surface area (Å²) in [6, 6.07) is 11.3. The number of carbonyl (C=O) groups excluding carboxylic acids is 3. The van der Waals surface area contributed by atoms with Gasteiger partial charge in [-0.15, -0.1) is 0 Å². The Hall–Kier alpha value is -3.02. The van der Waals surface area contributed by atoms with E-state index in [4.69, 9.17) is 5.73 Å². The minimum absolute atomic E-state index is 0.00772. The van der Waals surface area contributed by atoms with Gasteiger partial charge in [-0.2, -0.15) is 0 Å². The number of ketones is 1. The number of carbonyl (C=O) groups is 3. The Morgan fingerprint density at radius 3 is 2.00 bits per heavy atom. The number of halogens is 1. The molecule has 5 nitrogen and oxygen atoms in total. The van der Waals surface area contributed by atoms with Crippen molar-refractivity contribution in [3.05, 3.63) is 65.5 Å². The fourth-order valence-corrected chi connectivity index (χ4v) is 1.95. The molecule has 0 atom stereocenters. The highest BCUT2D eigenvalue weighted by atomic mass is 19.1. The highest BCUT2D eigenvalue weighted by molar-refractivity contribution is 6.00. The summed E-state index contributed by atoms with van der Waals surface area (Å²) >= 11 is 0. The third kappa shape index (κ3) is 4.74. The summed E-state index contributed by atoms with van der Waals surface area (Å²) in [4.78, 5) is 34.6. The molecule has 2 aromatic carbocycles. The van der Waals surface area contributed by atoms with Crippen LogP contribution in [0.15, 0.2) is 48.5 Å². The van der Waals surface area contributed by atoms with Gasteiger partial charge < -0.3 is 11.1 Å². The lowest BCUT2D eigenvalue weighted by Gasteiger charge is -2.05. The van der Waals surface area contributed by atoms with Crippen molar-refractivity contribution < 1.29 is 18.8 Å². The molecule has 0 heterocycles. The first kappa shape index (κ1) is 16.4. The molecule has 6 heteroatoms. The molecule has 0 aliphatic rings. The Labute approximate surface area is 132 Å². The molecule has 3 N–H and O–H groups in total. The Morgan fingerprint density at radius 2 is 1.43 bits per heavy atom. The first-order valence-electron chi connectivity index (χ1n) is 6.94. The van der Waals surface area contributed by atoms with E-state index >= 15 is 0 Å². The maximum atomic E-state index is 12.8. The topological polar surface area (TPSA) is 89.3 Å². The Kier molecular flexibility index (Phi) is 5.19. The van der Waals surface area contributed by atoms with Crippen LogP contribution >= 0.6 is 0 Å². The van der Waals surface area contributed by atoms with E-state index in [0.29, 0.717) is 16.8 Å². The van der Waals surface area contributed by atoms with Gasteiger partial charge in [0.25, 0.3) is 0 Å². The quantitative estimate of drug-likeness (QED) is 0.803. The lowest BCUT2D eigenvalue weighted by atomic mass is 10.1. The number of hydrogen-bond acceptors (Lipinski definition) is 3. The molecule has 0 saturated heterocycles. The van der Waals surface area contributed by atoms with Gasteiger partial charge in [-0.25, -0.2) is 4.39 Å². The average molecular weight is 314 g/mol. The van der Waals surface area contributed by atoms with Crippen LogP contribution in [0.2, 0.25) is 0 Å². The van der Waals surface area contributed by atoms with Crippen LogP contribution in [0.25, 0.3) is 0 Å². The van der Waals surface area contributed by atoms with Crippen molar-refractivity contribution in [1.29, 1.82) is 0 Å². The van der Waals surface area contributed by atoms with E-state index < -0.39 is 11.7 Å². The van der Waals surface area contributed by atoms with E-state index in [9.17, 15) is 18.8 Å². The van der Waals surface area contributed by atoms with E-state index in [1.54, 1.807) is 12.1 Å². The molecule has 0 radical (unpaired) electrons. The van der Waals surface area contributed by atoms with Crippen molar-refractivity contribution in [2.24, 2.45) is 5.73 Å². The molecular formula is C17H15FN2O3. The number of benzene rings is 2. The van der Waals surface area contributed by atoms with Crippen LogP contribution in [0.3, 0.4) is 0 Å². The number of Topliss-reactive ketones (excluding diaryl/α,β-unsaturated/α-hetero) is 1. The molecule has 0 bridgehead atoms. The number of primary amides is 1. The number of anilines is 1. The van der Waals surface area contributed by atoms with E-state index in [2.05, 4.69) is 5.32 Å². The maximum absolute atomic E-state index is 12.8. The summed E-state index contributed by atoms with van der Waals surface area (Å²) in [5.41, 5.74) is 6.34. The zero-order valence-corrected chi connectivity index (χ0v) is 12.2. The van der Waals surface area contributed by atoms with Crippen molar-refractivity contribution in [2.75, 3.05) is 5.32 Å². The normalized spacial score (nSPS) is 10.1. The fraction of sp³-hybridized carbons (Fsp3) is 0.118. The number of nitrogens with one attached hydrogen (secondary N) is 1. The van der Waals surface area contributed by atoms with Crippen LogP contribution in [-0.2, 0) is 4.79 Å². The molecule has 2 amide bonds. The van der Waals surface area contributed by atoms with Gasteiger partial charge in [0.1, 0.15) is 5.82 Å². The predicted octanol–water partition coefficient (Wildman–Crippen LogP) is 2.53. The van der Waals surface area contributed by atoms with Crippen molar-refractivity contribution >= 4 is 23.3 Å². The van der Waals surface area contributed by atoms with Gasteiger partial charge in [0.2, 0.25) is 11.8 Å². The molecule has 0 fully saturated rings. The van der Waals surface area contributed by atoms with Gasteiger partial charge in [-0.1, -0.05) is 0 Å². The maximum Gasteiger partial charge on any atom is 0.248 e. The number of amides is 2. The van der Waals surface area contributed by atoms with Gasteiger partial charge in [-0.05, 0) is 48.5 Å². The van der Waals surface area contributed by atoms with Crippen LogP contribution in [-0.4, -0.2) is 17.6 Å². The zero-order chi connectivity index (χ0) is 16.8. The first-order chi connectivity index (χ1) is 11.0. The highest BCUT2D eigenvalue weighted by Gasteiger charge is 2.10. The summed E-state index contributed by atoms with van der Waals surface area (Å²) in [7, 11) is 0. The molecule has 0 aliphatic heterocycles. The standard InChI is InChI=1S/C17H15FN2O3/c18-13-5-1-11(2-6-13)15(21)9-10-16(22)20-14-7-3-12(4-8-14)17(19)23/h1-8H,9-10H2,(H2,19,23)(H,20,22). The van der Waals surface area contributed by atoms with E-state index in [0.717, 1.165) is 0 Å². The predicted molar refractivity (Wildman–Crippen MR) is 83.6 cm³/mol. The zero-order valence-electron chi connectivity index (χ0n) is 12.2. The highest BCUT2D eigenvalue weighted by Crippen LogP contribution is 2.11. The molecule has 0 aromatic heterocycles. The SMILES string of the molecule is NC(=O)c1ccc(NC(=O)CCC(=O)c2ccc(F)cc2)cc1. The number of hydrogen-bond donors (Lipinski definition) is 2. The summed E-state index contributed by atoms with van der Waals surface area (Å²) in [6.45, 7) is 0. The number of rotatable bonds is 6. The van der Waals surface area contributed by atoms with E-state index in [1.807, 2.05) is 0 Å². The van der Waals surface area contributed by atoms with Gasteiger partial charge in [0.15, 0.2) is 5.78 Å². The third-order valence-corrected chi connectivity index (χ3v) is 3.20. The Balaban J connectivity index is 1.86. The minimum Gasteiger partial charge on any atom is -0.366 e. The summed E-state index contributed by atoms with van der Waals surface area (Å²) in [6.07, 6.45) is 0.0324. The molecule has 0 saturated carbocycles. The van der Waals surface area contributed by atoms with Gasteiger partial charge >= 0.3 is 0 Å². The molecule has 118 valence electrons. The summed E-state index contributed by atoms with van der Waals surface area (Å²) < 4.78 is 12.8. The molecule has 23 heavy (non-hydrogen) atoms. The average Bonchev–Trinajstić information content (AvgIpc) is 2.54. The summed E-state index contributed by atoms with van der Waals surface area (Å²) in [5, 5.41) is 2.62. The molecule has 2 aromatic rings. The van der Waals surface area contributed by atoms with Crippen molar-refractivity contribution in [3.63, 3.8) is 0 Å². The summed E-state index contributed by atoms with van der Waals surface area (Å²) in [5.74, 6) is -1.53. The molecular weight excluding hydrogens is 299 g/mol. The lowest BCUT2D eigenvalue weighted by molar-refractivity contribution is -0.116. The van der Waals surface area contributed by atoms with Gasteiger partial charge in [0.05, 0.1) is 0 Å². The van der Waals surface area contributed by atoms with Crippen LogP contribution in [0, 0.1) is 5.82 Å². The van der Waals surface area contributed by atoms with E-state index in [1.165, 1.54) is 36.4 Å². The molecule has 0 spiro atoms. The lowest BCUT2D eigenvalue weighted by Crippen LogP contribution is -2.14. The first-order valence-corrected chi connectivity index (χ1v) is 6.94. The third-order valence-electron chi connectivity index (χ3n) is 3.20. The van der Waals surface area contributed by atoms with Gasteiger partial charge in [-0.3, -0.25) is 14.4 Å². The second-order valence-electron chi connectivity index (χ2n) is 4.92. The molecule has 2 rings (SSSR count). The van der Waals surface area contributed by atoms with Crippen molar-refractivity contribution in [3.8, 4) is 0 Å². The van der Waals surface area contributed by atoms with Gasteiger partial charge in [0, 0.05) is 29.7 Å². The second kappa shape index (κ2) is 7.31. The minimum atomic E-state index is -0.548. The fourth-order valence-electron chi connectivity index (χ4n) is 1.95. The van der Waals surface area contributed by atoms with E-state index in [-0.39, 0.29) is 24.5 Å². The van der Waals surface area contributed by atoms with Crippen LogP contribution in [0.1, 0.15) is 33.6 Å². The Bertz CT molecular complexity index is 725. The van der Waals surface area contributed by atoms with Crippen LogP contribution < -0.4 is 11.1 Å². The molecule has 0 unspecified atom stereocenters. The van der Waals surface area contributed by atoms with Crippen LogP contribution in [0.5, 0.6) is 0 Å². The van der Waals surface area contributed by atoms with Crippen molar-refractivity contribution in [2.45, 2.75) is 12.8 Å². The second-order valence-corrected chi connectivity index (χ2v) is 4.92. The largest absolute Gasteiger partial charge is 0.366 e. The monoisotopic (exact) mass is 314 g/mol. The smallest absolute Gasteiger partial charge is 0.248 e. The Morgan fingerprint density at radius 1 is 0.870 bits per heavy atom. The molecule has 0 aliphatic carbocycles.